The van der Waals surface area contributed by atoms with Crippen LogP contribution in [0.3, 0.4) is 0 Å². The number of hydrogen-bond donors (Lipinski definition) is 0. The number of aldehydes is 1. The fourth-order valence-electron chi connectivity index (χ4n) is 4.32. The predicted molar refractivity (Wildman–Crippen MR) is 122 cm³/mol. The first kappa shape index (κ1) is 20.0. The van der Waals surface area contributed by atoms with E-state index in [1.807, 2.05) is 11.3 Å². The molecule has 3 aromatic rings. The number of carbonyl (C=O) groups is 1. The molecule has 1 atom stereocenters. The van der Waals surface area contributed by atoms with E-state index >= 15 is 0 Å². The Hall–Kier alpha value is -2.24. The van der Waals surface area contributed by atoms with Gasteiger partial charge >= 0.3 is 0 Å². The molecule has 1 aliphatic heterocycles. The molecule has 1 aromatic heterocycles. The van der Waals surface area contributed by atoms with Gasteiger partial charge in [-0.1, -0.05) is 48.1 Å². The maximum atomic E-state index is 10.9. The maximum Gasteiger partial charge on any atom is 0.186 e. The van der Waals surface area contributed by atoms with Gasteiger partial charge < -0.3 is 9.69 Å². The summed E-state index contributed by atoms with van der Waals surface area (Å²) < 4.78 is 1.28. The zero-order valence-electron chi connectivity index (χ0n) is 17.5. The van der Waals surface area contributed by atoms with Crippen molar-refractivity contribution in [1.29, 1.82) is 0 Å². The SMILES string of the molecule is CC[C@@H]1CN(Cc2cc(C)cc(CC=O)c2)CCN1c1nc2ccc(C)cc2s1. The zero-order chi connectivity index (χ0) is 20.4. The zero-order valence-corrected chi connectivity index (χ0v) is 18.3. The first-order valence-electron chi connectivity index (χ1n) is 10.4. The van der Waals surface area contributed by atoms with Gasteiger partial charge in [0, 0.05) is 38.6 Å². The summed E-state index contributed by atoms with van der Waals surface area (Å²) in [5, 5.41) is 1.15. The van der Waals surface area contributed by atoms with Crippen LogP contribution in [0, 0.1) is 13.8 Å². The summed E-state index contributed by atoms with van der Waals surface area (Å²) in [4.78, 5) is 20.9. The van der Waals surface area contributed by atoms with Crippen molar-refractivity contribution in [1.82, 2.24) is 9.88 Å². The highest BCUT2D eigenvalue weighted by molar-refractivity contribution is 7.22. The number of thiazole rings is 1. The van der Waals surface area contributed by atoms with Gasteiger partial charge in [-0.25, -0.2) is 4.98 Å². The van der Waals surface area contributed by atoms with Gasteiger partial charge in [-0.2, -0.15) is 0 Å². The van der Waals surface area contributed by atoms with Gasteiger partial charge in [0.1, 0.15) is 6.29 Å². The number of fused-ring (bicyclic) bond motifs is 1. The Bertz CT molecular complexity index is 1010. The number of anilines is 1. The molecule has 4 rings (SSSR count). The average molecular weight is 408 g/mol. The Labute approximate surface area is 177 Å². The van der Waals surface area contributed by atoms with Crippen LogP contribution in [-0.4, -0.2) is 41.8 Å². The molecule has 0 unspecified atom stereocenters. The summed E-state index contributed by atoms with van der Waals surface area (Å²) in [5.41, 5.74) is 6.05. The molecule has 1 saturated heterocycles. The first-order chi connectivity index (χ1) is 14.1. The smallest absolute Gasteiger partial charge is 0.186 e. The number of aryl methyl sites for hydroxylation is 2. The number of benzene rings is 2. The number of piperazine rings is 1. The van der Waals surface area contributed by atoms with Crippen LogP contribution in [0.2, 0.25) is 0 Å². The lowest BCUT2D eigenvalue weighted by Gasteiger charge is -2.41. The average Bonchev–Trinajstić information content (AvgIpc) is 3.10. The van der Waals surface area contributed by atoms with Crippen LogP contribution < -0.4 is 4.90 Å². The van der Waals surface area contributed by atoms with Crippen molar-refractivity contribution >= 4 is 33.0 Å². The molecule has 4 nitrogen and oxygen atoms in total. The summed E-state index contributed by atoms with van der Waals surface area (Å²) >= 11 is 1.81. The molecule has 2 heterocycles. The van der Waals surface area contributed by atoms with Crippen molar-refractivity contribution in [2.24, 2.45) is 0 Å². The Morgan fingerprint density at radius 1 is 1.10 bits per heavy atom. The highest BCUT2D eigenvalue weighted by atomic mass is 32.1. The van der Waals surface area contributed by atoms with E-state index < -0.39 is 0 Å². The van der Waals surface area contributed by atoms with Crippen molar-refractivity contribution in [3.8, 4) is 0 Å². The maximum absolute atomic E-state index is 10.9. The van der Waals surface area contributed by atoms with E-state index in [0.717, 1.165) is 55.1 Å². The lowest BCUT2D eigenvalue weighted by atomic mass is 10.0. The minimum absolute atomic E-state index is 0.477. The molecule has 0 N–H and O–H groups in total. The Kier molecular flexibility index (Phi) is 5.97. The van der Waals surface area contributed by atoms with E-state index in [0.29, 0.717) is 12.5 Å². The third-order valence-corrected chi connectivity index (χ3v) is 6.79. The Morgan fingerprint density at radius 2 is 1.93 bits per heavy atom. The molecule has 5 heteroatoms. The molecule has 152 valence electrons. The molecule has 0 saturated carbocycles. The van der Waals surface area contributed by atoms with E-state index in [4.69, 9.17) is 4.98 Å². The van der Waals surface area contributed by atoms with Gasteiger partial charge in [-0.15, -0.1) is 0 Å². The second kappa shape index (κ2) is 8.64. The number of rotatable bonds is 6. The topological polar surface area (TPSA) is 36.4 Å². The van der Waals surface area contributed by atoms with E-state index in [9.17, 15) is 4.79 Å². The number of aromatic nitrogens is 1. The van der Waals surface area contributed by atoms with Crippen molar-refractivity contribution in [3.63, 3.8) is 0 Å². The van der Waals surface area contributed by atoms with Gasteiger partial charge in [0.2, 0.25) is 0 Å². The standard InChI is InChI=1S/C24H29N3OS/c1-4-21-16-26(15-20-12-18(3)11-19(14-20)7-10-28)8-9-27(21)24-25-22-6-5-17(2)13-23(22)29-24/h5-6,10-14,21H,4,7-9,15-16H2,1-3H3/t21-/m1/s1. The summed E-state index contributed by atoms with van der Waals surface area (Å²) in [7, 11) is 0. The highest BCUT2D eigenvalue weighted by Gasteiger charge is 2.28. The molecule has 0 bridgehead atoms. The molecule has 2 aromatic carbocycles. The van der Waals surface area contributed by atoms with Crippen LogP contribution in [0.15, 0.2) is 36.4 Å². The molecule has 1 aliphatic rings. The fourth-order valence-corrected chi connectivity index (χ4v) is 5.48. The second-order valence-electron chi connectivity index (χ2n) is 8.16. The molecular formula is C24H29N3OS. The third-order valence-electron chi connectivity index (χ3n) is 5.74. The minimum Gasteiger partial charge on any atom is -0.343 e. The Balaban J connectivity index is 1.49. The van der Waals surface area contributed by atoms with Gasteiger partial charge in [0.05, 0.1) is 10.2 Å². The third kappa shape index (κ3) is 4.51. The van der Waals surface area contributed by atoms with Gasteiger partial charge in [-0.3, -0.25) is 4.90 Å². The van der Waals surface area contributed by atoms with E-state index in [1.165, 1.54) is 21.4 Å². The van der Waals surface area contributed by atoms with Crippen LogP contribution >= 0.6 is 11.3 Å². The van der Waals surface area contributed by atoms with Crippen molar-refractivity contribution < 1.29 is 4.79 Å². The number of nitrogens with zero attached hydrogens (tertiary/aromatic N) is 3. The lowest BCUT2D eigenvalue weighted by molar-refractivity contribution is -0.107. The quantitative estimate of drug-likeness (QED) is 0.552. The molecule has 29 heavy (non-hydrogen) atoms. The highest BCUT2D eigenvalue weighted by Crippen LogP contribution is 2.32. The summed E-state index contributed by atoms with van der Waals surface area (Å²) in [6.07, 6.45) is 2.59. The van der Waals surface area contributed by atoms with Crippen LogP contribution in [0.5, 0.6) is 0 Å². The monoisotopic (exact) mass is 407 g/mol. The van der Waals surface area contributed by atoms with Crippen LogP contribution in [0.25, 0.3) is 10.2 Å². The van der Waals surface area contributed by atoms with Crippen LogP contribution in [-0.2, 0) is 17.8 Å². The van der Waals surface area contributed by atoms with Crippen molar-refractivity contribution in [2.75, 3.05) is 24.5 Å². The largest absolute Gasteiger partial charge is 0.343 e. The fraction of sp³-hybridized carbons (Fsp3) is 0.417. The molecule has 0 spiro atoms. The molecule has 0 radical (unpaired) electrons. The molecule has 0 aliphatic carbocycles. The molecular weight excluding hydrogens is 378 g/mol. The van der Waals surface area contributed by atoms with Gasteiger partial charge in [0.15, 0.2) is 5.13 Å². The summed E-state index contributed by atoms with van der Waals surface area (Å²) in [6, 6.07) is 13.5. The van der Waals surface area contributed by atoms with E-state index in [2.05, 4.69) is 67.0 Å². The van der Waals surface area contributed by atoms with E-state index in [-0.39, 0.29) is 0 Å². The van der Waals surface area contributed by atoms with Crippen LogP contribution in [0.1, 0.15) is 35.6 Å². The van der Waals surface area contributed by atoms with Gasteiger partial charge in [0.25, 0.3) is 0 Å². The van der Waals surface area contributed by atoms with Crippen molar-refractivity contribution in [3.05, 3.63) is 58.7 Å². The summed E-state index contributed by atoms with van der Waals surface area (Å²) in [6.45, 7) is 10.5. The second-order valence-corrected chi connectivity index (χ2v) is 9.16. The lowest BCUT2D eigenvalue weighted by Crippen LogP contribution is -2.52. The molecule has 1 fully saturated rings. The predicted octanol–water partition coefficient (Wildman–Crippen LogP) is 4.76. The normalized spacial score (nSPS) is 17.8. The van der Waals surface area contributed by atoms with Gasteiger partial charge in [-0.05, 0) is 49.1 Å². The number of hydrogen-bond acceptors (Lipinski definition) is 5. The summed E-state index contributed by atoms with van der Waals surface area (Å²) in [5.74, 6) is 0. The molecule has 0 amide bonds. The van der Waals surface area contributed by atoms with E-state index in [1.54, 1.807) is 0 Å². The number of carbonyl (C=O) groups excluding carboxylic acids is 1. The Morgan fingerprint density at radius 3 is 2.72 bits per heavy atom. The van der Waals surface area contributed by atoms with Crippen molar-refractivity contribution in [2.45, 2.75) is 46.2 Å². The first-order valence-corrected chi connectivity index (χ1v) is 11.3. The van der Waals surface area contributed by atoms with Crippen LogP contribution in [0.4, 0.5) is 5.13 Å². The minimum atomic E-state index is 0.477.